The highest BCUT2D eigenvalue weighted by atomic mass is 35.5. The van der Waals surface area contributed by atoms with E-state index in [9.17, 15) is 9.59 Å². The quantitative estimate of drug-likeness (QED) is 0.412. The minimum absolute atomic E-state index is 0.192. The van der Waals surface area contributed by atoms with Gasteiger partial charge in [0, 0.05) is 10.0 Å². The van der Waals surface area contributed by atoms with Gasteiger partial charge in [0.15, 0.2) is 13.2 Å². The van der Waals surface area contributed by atoms with Gasteiger partial charge in [0.1, 0.15) is 11.5 Å². The molecule has 0 fully saturated rings. The molecule has 0 aliphatic carbocycles. The monoisotopic (exact) mass is 486 g/mol. The van der Waals surface area contributed by atoms with Crippen LogP contribution in [-0.2, 0) is 9.59 Å². The van der Waals surface area contributed by atoms with Crippen molar-refractivity contribution in [2.45, 2.75) is 20.8 Å². The van der Waals surface area contributed by atoms with Crippen molar-refractivity contribution in [2.75, 3.05) is 23.8 Å². The number of hydrogen-bond acceptors (Lipinski definition) is 4. The summed E-state index contributed by atoms with van der Waals surface area (Å²) in [6, 6.07) is 15.7. The van der Waals surface area contributed by atoms with Crippen LogP contribution in [0, 0.1) is 20.8 Å². The minimum Gasteiger partial charge on any atom is -0.483 e. The van der Waals surface area contributed by atoms with E-state index in [1.807, 2.05) is 26.8 Å². The van der Waals surface area contributed by atoms with Crippen LogP contribution in [0.5, 0.6) is 11.5 Å². The fourth-order valence-electron chi connectivity index (χ4n) is 3.08. The molecular weight excluding hydrogens is 463 g/mol. The third-order valence-corrected chi connectivity index (χ3v) is 5.18. The lowest BCUT2D eigenvalue weighted by Crippen LogP contribution is -2.24. The Morgan fingerprint density at radius 1 is 0.697 bits per heavy atom. The molecule has 6 nitrogen and oxygen atoms in total. The van der Waals surface area contributed by atoms with Gasteiger partial charge >= 0.3 is 0 Å². The number of halogens is 2. The molecule has 2 amide bonds. The van der Waals surface area contributed by atoms with Gasteiger partial charge in [-0.25, -0.2) is 0 Å². The first-order valence-corrected chi connectivity index (χ1v) is 10.9. The van der Waals surface area contributed by atoms with Crippen LogP contribution in [0.4, 0.5) is 11.4 Å². The summed E-state index contributed by atoms with van der Waals surface area (Å²) in [6.45, 7) is 5.20. The fourth-order valence-corrected chi connectivity index (χ4v) is 3.53. The van der Waals surface area contributed by atoms with Gasteiger partial charge in [-0.3, -0.25) is 9.59 Å². The fraction of sp³-hybridized carbons (Fsp3) is 0.200. The number of carbonyl (C=O) groups is 2. The molecule has 3 aromatic rings. The highest BCUT2D eigenvalue weighted by Crippen LogP contribution is 2.25. The Labute approximate surface area is 202 Å². The molecule has 0 saturated carbocycles. The molecule has 0 spiro atoms. The lowest BCUT2D eigenvalue weighted by Gasteiger charge is -2.15. The molecule has 0 atom stereocenters. The molecule has 0 aromatic heterocycles. The number of aryl methyl sites for hydroxylation is 3. The Bertz CT molecular complexity index is 1180. The van der Waals surface area contributed by atoms with Crippen LogP contribution >= 0.6 is 23.2 Å². The predicted molar refractivity (Wildman–Crippen MR) is 132 cm³/mol. The maximum absolute atomic E-state index is 12.5. The van der Waals surface area contributed by atoms with Crippen LogP contribution in [-0.4, -0.2) is 25.0 Å². The Kier molecular flexibility index (Phi) is 8.20. The highest BCUT2D eigenvalue weighted by Gasteiger charge is 2.13. The first kappa shape index (κ1) is 24.4. The Balaban J connectivity index is 1.60. The van der Waals surface area contributed by atoms with Crippen LogP contribution in [0.1, 0.15) is 16.7 Å². The molecule has 0 heterocycles. The summed E-state index contributed by atoms with van der Waals surface area (Å²) in [5.41, 5.74) is 3.50. The molecule has 8 heteroatoms. The van der Waals surface area contributed by atoms with E-state index in [1.165, 1.54) is 0 Å². The van der Waals surface area contributed by atoms with E-state index in [0.717, 1.165) is 16.7 Å². The van der Waals surface area contributed by atoms with Gasteiger partial charge in [-0.05, 0) is 86.0 Å². The molecule has 2 N–H and O–H groups in total. The van der Waals surface area contributed by atoms with Gasteiger partial charge in [-0.2, -0.15) is 0 Å². The molecular formula is C25H24Cl2N2O4. The molecule has 33 heavy (non-hydrogen) atoms. The smallest absolute Gasteiger partial charge is 0.262 e. The summed E-state index contributed by atoms with van der Waals surface area (Å²) in [6.07, 6.45) is 0. The molecule has 172 valence electrons. The number of nitrogens with one attached hydrogen (secondary N) is 2. The zero-order valence-corrected chi connectivity index (χ0v) is 20.0. The molecule has 0 radical (unpaired) electrons. The van der Waals surface area contributed by atoms with E-state index in [1.54, 1.807) is 48.5 Å². The predicted octanol–water partition coefficient (Wildman–Crippen LogP) is 5.95. The molecule has 0 saturated heterocycles. The Morgan fingerprint density at radius 2 is 1.18 bits per heavy atom. The van der Waals surface area contributed by atoms with Crippen molar-refractivity contribution in [3.8, 4) is 11.5 Å². The molecule has 0 unspecified atom stereocenters. The van der Waals surface area contributed by atoms with E-state index in [-0.39, 0.29) is 25.0 Å². The van der Waals surface area contributed by atoms with Gasteiger partial charge in [0.25, 0.3) is 11.8 Å². The van der Waals surface area contributed by atoms with Crippen molar-refractivity contribution in [1.82, 2.24) is 0 Å². The van der Waals surface area contributed by atoms with Gasteiger partial charge in [-0.1, -0.05) is 29.3 Å². The van der Waals surface area contributed by atoms with Crippen LogP contribution < -0.4 is 20.1 Å². The number of amides is 2. The molecule has 0 bridgehead atoms. The number of carbonyl (C=O) groups excluding carboxylic acids is 2. The average Bonchev–Trinajstić information content (AvgIpc) is 2.74. The van der Waals surface area contributed by atoms with Crippen molar-refractivity contribution >= 4 is 46.4 Å². The van der Waals surface area contributed by atoms with Crippen LogP contribution in [0.2, 0.25) is 10.0 Å². The Morgan fingerprint density at radius 3 is 1.67 bits per heavy atom. The van der Waals surface area contributed by atoms with Crippen molar-refractivity contribution in [1.29, 1.82) is 0 Å². The molecule has 3 rings (SSSR count). The number of hydrogen-bond donors (Lipinski definition) is 2. The maximum Gasteiger partial charge on any atom is 0.262 e. The summed E-state index contributed by atoms with van der Waals surface area (Å²) < 4.78 is 11.2. The summed E-state index contributed by atoms with van der Waals surface area (Å²) >= 11 is 11.9. The van der Waals surface area contributed by atoms with Crippen LogP contribution in [0.3, 0.4) is 0 Å². The summed E-state index contributed by atoms with van der Waals surface area (Å²) in [5, 5.41) is 6.75. The Hall–Kier alpha value is -3.22. The van der Waals surface area contributed by atoms with Crippen molar-refractivity contribution < 1.29 is 19.1 Å². The van der Waals surface area contributed by atoms with Gasteiger partial charge in [0.05, 0.1) is 11.4 Å². The normalized spacial score (nSPS) is 10.5. The lowest BCUT2D eigenvalue weighted by molar-refractivity contribution is -0.119. The van der Waals surface area contributed by atoms with E-state index < -0.39 is 0 Å². The first-order valence-electron chi connectivity index (χ1n) is 10.2. The minimum atomic E-state index is -0.364. The second-order valence-corrected chi connectivity index (χ2v) is 8.42. The van der Waals surface area contributed by atoms with Crippen molar-refractivity contribution in [3.63, 3.8) is 0 Å². The third kappa shape index (κ3) is 7.14. The number of ether oxygens (including phenoxy) is 2. The van der Waals surface area contributed by atoms with Crippen LogP contribution in [0.25, 0.3) is 0 Å². The van der Waals surface area contributed by atoms with Crippen molar-refractivity contribution in [3.05, 3.63) is 81.3 Å². The highest BCUT2D eigenvalue weighted by molar-refractivity contribution is 6.31. The summed E-state index contributed by atoms with van der Waals surface area (Å²) in [7, 11) is 0. The third-order valence-electron chi connectivity index (χ3n) is 4.71. The largest absolute Gasteiger partial charge is 0.483 e. The number of rotatable bonds is 8. The SMILES string of the molecule is Cc1ccc(NC(=O)COc2ccc(Cl)cc2C)c(NC(=O)COc2ccc(Cl)cc2C)c1. The molecule has 0 aliphatic heterocycles. The van der Waals surface area contributed by atoms with E-state index in [2.05, 4.69) is 10.6 Å². The maximum atomic E-state index is 12.5. The van der Waals surface area contributed by atoms with Gasteiger partial charge in [0.2, 0.25) is 0 Å². The topological polar surface area (TPSA) is 76.7 Å². The summed E-state index contributed by atoms with van der Waals surface area (Å²) in [4.78, 5) is 24.9. The molecule has 0 aliphatic rings. The van der Waals surface area contributed by atoms with Gasteiger partial charge in [-0.15, -0.1) is 0 Å². The van der Waals surface area contributed by atoms with Gasteiger partial charge < -0.3 is 20.1 Å². The average molecular weight is 487 g/mol. The lowest BCUT2D eigenvalue weighted by atomic mass is 10.2. The van der Waals surface area contributed by atoms with Crippen LogP contribution in [0.15, 0.2) is 54.6 Å². The van der Waals surface area contributed by atoms with E-state index >= 15 is 0 Å². The molecule has 3 aromatic carbocycles. The zero-order valence-electron chi connectivity index (χ0n) is 18.5. The number of anilines is 2. The first-order chi connectivity index (χ1) is 15.7. The van der Waals surface area contributed by atoms with E-state index in [0.29, 0.717) is 32.9 Å². The van der Waals surface area contributed by atoms with Crippen molar-refractivity contribution in [2.24, 2.45) is 0 Å². The second-order valence-electron chi connectivity index (χ2n) is 7.54. The number of benzene rings is 3. The standard InChI is InChI=1S/C25H24Cl2N2O4/c1-15-4-7-20(28-24(30)13-32-22-8-5-18(26)11-16(22)2)21(10-15)29-25(31)14-33-23-9-6-19(27)12-17(23)3/h4-12H,13-14H2,1-3H3,(H,28,30)(H,29,31). The zero-order chi connectivity index (χ0) is 24.0. The second kappa shape index (κ2) is 11.1. The van der Waals surface area contributed by atoms with E-state index in [4.69, 9.17) is 32.7 Å². The summed E-state index contributed by atoms with van der Waals surface area (Å²) in [5.74, 6) is 0.416.